The molecule has 162 valence electrons. The molecule has 0 aromatic heterocycles. The third kappa shape index (κ3) is 5.09. The predicted molar refractivity (Wildman–Crippen MR) is 114 cm³/mol. The molecular formula is C23H24N2O6. The van der Waals surface area contributed by atoms with Crippen molar-refractivity contribution in [3.63, 3.8) is 0 Å². The van der Waals surface area contributed by atoms with Crippen LogP contribution in [-0.2, 0) is 21.5 Å². The molecule has 2 N–H and O–H groups in total. The first-order chi connectivity index (χ1) is 14.6. The average Bonchev–Trinajstić information content (AvgIpc) is 2.72. The number of nitrogens with one attached hydrogen (secondary N) is 1. The van der Waals surface area contributed by atoms with E-state index in [1.54, 1.807) is 30.3 Å². The minimum Gasteiger partial charge on any atom is -0.482 e. The lowest BCUT2D eigenvalue weighted by Gasteiger charge is -2.30. The Bertz CT molecular complexity index is 1050. The van der Waals surface area contributed by atoms with Gasteiger partial charge in [-0.05, 0) is 46.9 Å². The van der Waals surface area contributed by atoms with Crippen molar-refractivity contribution in [3.8, 4) is 5.75 Å². The molecule has 8 nitrogen and oxygen atoms in total. The van der Waals surface area contributed by atoms with E-state index in [-0.39, 0.29) is 24.5 Å². The summed E-state index contributed by atoms with van der Waals surface area (Å²) >= 11 is 0. The maximum absolute atomic E-state index is 12.6. The summed E-state index contributed by atoms with van der Waals surface area (Å²) in [5.41, 5.74) is 2.50. The third-order valence-electron chi connectivity index (χ3n) is 4.92. The molecule has 0 saturated carbocycles. The number of amides is 2. The van der Waals surface area contributed by atoms with Crippen molar-refractivity contribution in [2.75, 3.05) is 18.1 Å². The summed E-state index contributed by atoms with van der Waals surface area (Å²) in [6.45, 7) is 5.54. The second-order valence-corrected chi connectivity index (χ2v) is 8.36. The molecule has 1 heterocycles. The van der Waals surface area contributed by atoms with Crippen molar-refractivity contribution in [2.24, 2.45) is 0 Å². The highest BCUT2D eigenvalue weighted by Crippen LogP contribution is 2.34. The van der Waals surface area contributed by atoms with Crippen LogP contribution in [0.5, 0.6) is 5.75 Å². The van der Waals surface area contributed by atoms with Crippen LogP contribution in [-0.4, -0.2) is 42.3 Å². The van der Waals surface area contributed by atoms with Gasteiger partial charge in [0.05, 0.1) is 12.2 Å². The average molecular weight is 424 g/mol. The van der Waals surface area contributed by atoms with Crippen molar-refractivity contribution >= 4 is 29.8 Å². The van der Waals surface area contributed by atoms with Gasteiger partial charge < -0.3 is 20.1 Å². The number of carbonyl (C=O) groups excluding carboxylic acids is 3. The number of hydrogen-bond acceptors (Lipinski definition) is 5. The van der Waals surface area contributed by atoms with Crippen LogP contribution in [0.3, 0.4) is 0 Å². The molecule has 0 atom stereocenters. The molecule has 3 rings (SSSR count). The number of aldehydes is 1. The Balaban J connectivity index is 2.00. The van der Waals surface area contributed by atoms with Gasteiger partial charge in [-0.3, -0.25) is 19.2 Å². The first kappa shape index (κ1) is 22.0. The summed E-state index contributed by atoms with van der Waals surface area (Å²) in [5, 5.41) is 11.2. The van der Waals surface area contributed by atoms with Gasteiger partial charge in [0.25, 0.3) is 11.8 Å². The van der Waals surface area contributed by atoms with Gasteiger partial charge in [0.1, 0.15) is 18.6 Å². The fourth-order valence-electron chi connectivity index (χ4n) is 3.25. The zero-order chi connectivity index (χ0) is 22.8. The molecule has 0 unspecified atom stereocenters. The Hall–Kier alpha value is -3.68. The molecule has 2 aromatic carbocycles. The van der Waals surface area contributed by atoms with Crippen LogP contribution in [0.4, 0.5) is 5.69 Å². The lowest BCUT2D eigenvalue weighted by molar-refractivity contribution is -0.135. The highest BCUT2D eigenvalue weighted by atomic mass is 16.5. The van der Waals surface area contributed by atoms with E-state index in [4.69, 9.17) is 9.84 Å². The first-order valence-electron chi connectivity index (χ1n) is 9.75. The number of rotatable bonds is 6. The zero-order valence-corrected chi connectivity index (χ0v) is 17.6. The largest absolute Gasteiger partial charge is 0.482 e. The van der Waals surface area contributed by atoms with Gasteiger partial charge in [-0.2, -0.15) is 0 Å². The lowest BCUT2D eigenvalue weighted by atomic mass is 9.85. The molecular weight excluding hydrogens is 400 g/mol. The van der Waals surface area contributed by atoms with E-state index in [9.17, 15) is 19.2 Å². The number of carbonyl (C=O) groups is 4. The molecule has 2 aromatic rings. The summed E-state index contributed by atoms with van der Waals surface area (Å²) in [6.07, 6.45) is 0.697. The van der Waals surface area contributed by atoms with Gasteiger partial charge in [-0.15, -0.1) is 0 Å². The van der Waals surface area contributed by atoms with Crippen LogP contribution >= 0.6 is 0 Å². The minimum atomic E-state index is -1.14. The van der Waals surface area contributed by atoms with Crippen molar-refractivity contribution in [2.45, 2.75) is 32.7 Å². The van der Waals surface area contributed by atoms with Gasteiger partial charge in [0, 0.05) is 11.1 Å². The smallest absolute Gasteiger partial charge is 0.322 e. The molecule has 0 aliphatic carbocycles. The quantitative estimate of drug-likeness (QED) is 0.689. The van der Waals surface area contributed by atoms with Gasteiger partial charge in [-0.1, -0.05) is 26.8 Å². The highest BCUT2D eigenvalue weighted by Gasteiger charge is 2.27. The number of fused-ring (bicyclic) bond motifs is 1. The minimum absolute atomic E-state index is 0.127. The molecule has 0 bridgehead atoms. The van der Waals surface area contributed by atoms with Crippen molar-refractivity contribution in [1.29, 1.82) is 0 Å². The topological polar surface area (TPSA) is 113 Å². The number of carboxylic acid groups (broad SMARTS) is 1. The Labute approximate surface area is 179 Å². The predicted octanol–water partition coefficient (Wildman–Crippen LogP) is 2.54. The van der Waals surface area contributed by atoms with Crippen LogP contribution in [0.25, 0.3) is 0 Å². The fraction of sp³-hybridized carbons (Fsp3) is 0.304. The molecule has 0 spiro atoms. The Kier molecular flexibility index (Phi) is 6.10. The summed E-state index contributed by atoms with van der Waals surface area (Å²) in [5.74, 6) is -1.42. The van der Waals surface area contributed by atoms with E-state index in [1.807, 2.05) is 26.8 Å². The van der Waals surface area contributed by atoms with E-state index in [1.165, 1.54) is 4.90 Å². The molecule has 0 saturated heterocycles. The van der Waals surface area contributed by atoms with Crippen molar-refractivity contribution < 1.29 is 29.0 Å². The van der Waals surface area contributed by atoms with Gasteiger partial charge >= 0.3 is 5.97 Å². The number of aliphatic carboxylic acids is 1. The van der Waals surface area contributed by atoms with E-state index in [2.05, 4.69) is 5.32 Å². The monoisotopic (exact) mass is 424 g/mol. The zero-order valence-electron chi connectivity index (χ0n) is 17.6. The van der Waals surface area contributed by atoms with Crippen molar-refractivity contribution in [1.82, 2.24) is 5.32 Å². The summed E-state index contributed by atoms with van der Waals surface area (Å²) < 4.78 is 5.47. The first-order valence-corrected chi connectivity index (χ1v) is 9.75. The van der Waals surface area contributed by atoms with Crippen LogP contribution in [0.15, 0.2) is 36.4 Å². The number of hydrogen-bond donors (Lipinski definition) is 2. The van der Waals surface area contributed by atoms with Crippen LogP contribution in [0.1, 0.15) is 52.6 Å². The maximum atomic E-state index is 12.6. The van der Waals surface area contributed by atoms with Crippen LogP contribution in [0, 0.1) is 0 Å². The maximum Gasteiger partial charge on any atom is 0.322 e. The standard InChI is InChI=1S/C23H24N2O6/c1-23(2,3)17-7-15(6-16(9-17)22(30)24-10-21(28)29)11-25-18-8-14(12-26)4-5-19(18)31-13-20(25)27/h4-9,12H,10-11,13H2,1-3H3,(H,24,30)(H,28,29). The van der Waals surface area contributed by atoms with Crippen LogP contribution in [0.2, 0.25) is 0 Å². The molecule has 1 aliphatic heterocycles. The second-order valence-electron chi connectivity index (χ2n) is 8.36. The fourth-order valence-corrected chi connectivity index (χ4v) is 3.25. The van der Waals surface area contributed by atoms with E-state index < -0.39 is 18.4 Å². The molecule has 31 heavy (non-hydrogen) atoms. The second kappa shape index (κ2) is 8.59. The number of nitrogens with zero attached hydrogens (tertiary/aromatic N) is 1. The Morgan fingerprint density at radius 3 is 2.58 bits per heavy atom. The van der Waals surface area contributed by atoms with E-state index >= 15 is 0 Å². The molecule has 0 radical (unpaired) electrons. The van der Waals surface area contributed by atoms with Crippen LogP contribution < -0.4 is 15.0 Å². The SMILES string of the molecule is CC(C)(C)c1cc(CN2C(=O)COc3ccc(C=O)cc32)cc(C(=O)NCC(=O)O)c1. The van der Waals surface area contributed by atoms with Gasteiger partial charge in [0.15, 0.2) is 6.61 Å². The highest BCUT2D eigenvalue weighted by molar-refractivity contribution is 5.99. The van der Waals surface area contributed by atoms with E-state index in [0.717, 1.165) is 5.56 Å². The molecule has 0 fully saturated rings. The lowest BCUT2D eigenvalue weighted by Crippen LogP contribution is -2.38. The van der Waals surface area contributed by atoms with Gasteiger partial charge in [0.2, 0.25) is 0 Å². The number of ether oxygens (including phenoxy) is 1. The molecule has 1 aliphatic rings. The van der Waals surface area contributed by atoms with Crippen molar-refractivity contribution in [3.05, 3.63) is 58.7 Å². The number of anilines is 1. The summed E-state index contributed by atoms with van der Waals surface area (Å²) in [7, 11) is 0. The Morgan fingerprint density at radius 1 is 1.19 bits per heavy atom. The molecule has 2 amide bonds. The van der Waals surface area contributed by atoms with Gasteiger partial charge in [-0.25, -0.2) is 0 Å². The number of benzene rings is 2. The Morgan fingerprint density at radius 2 is 1.94 bits per heavy atom. The summed E-state index contributed by atoms with van der Waals surface area (Å²) in [4.78, 5) is 48.6. The molecule has 8 heteroatoms. The normalized spacial score (nSPS) is 13.3. The number of carboxylic acids is 1. The summed E-state index contributed by atoms with van der Waals surface area (Å²) in [6, 6.07) is 10.1. The van der Waals surface area contributed by atoms with E-state index in [0.29, 0.717) is 34.4 Å². The third-order valence-corrected chi connectivity index (χ3v) is 4.92.